The highest BCUT2D eigenvalue weighted by atomic mass is 32.2. The van der Waals surface area contributed by atoms with E-state index in [1.165, 1.54) is 12.0 Å². The third-order valence-corrected chi connectivity index (χ3v) is 9.13. The summed E-state index contributed by atoms with van der Waals surface area (Å²) in [5.74, 6) is 3.32. The predicted octanol–water partition coefficient (Wildman–Crippen LogP) is 5.04. The molecule has 4 aliphatic carbocycles. The van der Waals surface area contributed by atoms with Crippen molar-refractivity contribution in [1.82, 2.24) is 0 Å². The van der Waals surface area contributed by atoms with Crippen molar-refractivity contribution in [2.45, 2.75) is 71.8 Å². The molecule has 0 saturated heterocycles. The SMILES string of the molecule is CSCO[C@@H]1C[C@]2(C)[C@@H](C(C)=O)CC[C@H]2[C@@H]2CCC3=CC(=O)CC[C@]3(C)[C@H]21. The van der Waals surface area contributed by atoms with E-state index in [9.17, 15) is 9.59 Å². The highest BCUT2D eigenvalue weighted by Gasteiger charge is 2.63. The van der Waals surface area contributed by atoms with Gasteiger partial charge in [-0.25, -0.2) is 0 Å². The van der Waals surface area contributed by atoms with Crippen LogP contribution >= 0.6 is 11.8 Å². The standard InChI is InChI=1S/C23H34O3S/c1-14(24)18-7-8-19-17-6-5-15-11-16(25)9-10-22(15,2)21(17)20(26-13-27-4)12-23(18,19)3/h11,17-21H,5-10,12-13H2,1-4H3/t17-,18+,19-,20+,21+,22-,23+/m0/s1. The number of allylic oxidation sites excluding steroid dienone is 1. The summed E-state index contributed by atoms with van der Waals surface area (Å²) in [6, 6.07) is 0. The maximum atomic E-state index is 12.4. The van der Waals surface area contributed by atoms with Gasteiger partial charge in [-0.2, -0.15) is 0 Å². The van der Waals surface area contributed by atoms with E-state index in [0.717, 1.165) is 32.1 Å². The molecule has 4 heteroatoms. The summed E-state index contributed by atoms with van der Waals surface area (Å²) < 4.78 is 6.48. The van der Waals surface area contributed by atoms with Crippen LogP contribution in [-0.2, 0) is 14.3 Å². The maximum absolute atomic E-state index is 12.4. The van der Waals surface area contributed by atoms with E-state index in [-0.39, 0.29) is 22.9 Å². The summed E-state index contributed by atoms with van der Waals surface area (Å²) in [5, 5.41) is 0. The van der Waals surface area contributed by atoms with Gasteiger partial charge in [0.2, 0.25) is 0 Å². The Balaban J connectivity index is 1.74. The number of ether oxygens (including phenoxy) is 1. The van der Waals surface area contributed by atoms with Gasteiger partial charge in [-0.1, -0.05) is 19.4 Å². The first-order chi connectivity index (χ1) is 12.8. The molecule has 0 aliphatic heterocycles. The predicted molar refractivity (Wildman–Crippen MR) is 110 cm³/mol. The number of hydrogen-bond acceptors (Lipinski definition) is 4. The van der Waals surface area contributed by atoms with Gasteiger partial charge in [0.05, 0.1) is 12.0 Å². The summed E-state index contributed by atoms with van der Waals surface area (Å²) in [6.07, 6.45) is 11.3. The second-order valence-electron chi connectivity index (χ2n) is 9.95. The fraction of sp³-hybridized carbons (Fsp3) is 0.826. The van der Waals surface area contributed by atoms with Gasteiger partial charge in [-0.05, 0) is 86.4 Å². The molecule has 7 atom stereocenters. The van der Waals surface area contributed by atoms with E-state index in [2.05, 4.69) is 20.1 Å². The normalized spacial score (nSPS) is 46.3. The number of carbonyl (C=O) groups is 2. The van der Waals surface area contributed by atoms with Gasteiger partial charge >= 0.3 is 0 Å². The summed E-state index contributed by atoms with van der Waals surface area (Å²) in [4.78, 5) is 24.5. The van der Waals surface area contributed by atoms with Crippen LogP contribution in [0.15, 0.2) is 11.6 Å². The number of thioether (sulfide) groups is 1. The molecule has 0 aromatic rings. The Morgan fingerprint density at radius 2 is 2.04 bits per heavy atom. The molecular weight excluding hydrogens is 356 g/mol. The van der Waals surface area contributed by atoms with Crippen molar-refractivity contribution in [3.63, 3.8) is 0 Å². The third kappa shape index (κ3) is 2.97. The Kier molecular flexibility index (Phi) is 5.12. The van der Waals surface area contributed by atoms with Crippen LogP contribution in [0.2, 0.25) is 0 Å². The van der Waals surface area contributed by atoms with Crippen LogP contribution in [0, 0.1) is 34.5 Å². The first-order valence-electron chi connectivity index (χ1n) is 10.7. The lowest BCUT2D eigenvalue weighted by Crippen LogP contribution is -2.57. The zero-order valence-electron chi connectivity index (χ0n) is 17.3. The maximum Gasteiger partial charge on any atom is 0.155 e. The van der Waals surface area contributed by atoms with Crippen molar-refractivity contribution in [3.8, 4) is 0 Å². The lowest BCUT2D eigenvalue weighted by molar-refractivity contribution is -0.152. The minimum Gasteiger partial charge on any atom is -0.367 e. The molecule has 3 saturated carbocycles. The summed E-state index contributed by atoms with van der Waals surface area (Å²) >= 11 is 1.74. The van der Waals surface area contributed by atoms with Gasteiger partial charge in [0, 0.05) is 12.3 Å². The Labute approximate surface area is 168 Å². The Hall–Kier alpha value is -0.610. The Bertz CT molecular complexity index is 671. The number of fused-ring (bicyclic) bond motifs is 5. The minimum atomic E-state index is 0.0815. The molecule has 3 fully saturated rings. The lowest BCUT2D eigenvalue weighted by Gasteiger charge is -2.60. The molecule has 0 amide bonds. The van der Waals surface area contributed by atoms with E-state index in [4.69, 9.17) is 4.74 Å². The van der Waals surface area contributed by atoms with E-state index in [1.54, 1.807) is 18.7 Å². The third-order valence-electron chi connectivity index (χ3n) is 8.76. The molecule has 0 aromatic carbocycles. The number of hydrogen-bond donors (Lipinski definition) is 0. The Morgan fingerprint density at radius 1 is 1.26 bits per heavy atom. The summed E-state index contributed by atoms with van der Waals surface area (Å²) in [7, 11) is 0. The first kappa shape index (κ1) is 19.7. The van der Waals surface area contributed by atoms with E-state index in [1.807, 2.05) is 6.08 Å². The van der Waals surface area contributed by atoms with Crippen LogP contribution in [0.5, 0.6) is 0 Å². The molecule has 0 heterocycles. The average molecular weight is 391 g/mol. The van der Waals surface area contributed by atoms with Gasteiger partial charge in [0.15, 0.2) is 5.78 Å². The molecule has 3 nitrogen and oxygen atoms in total. The smallest absolute Gasteiger partial charge is 0.155 e. The number of ketones is 2. The van der Waals surface area contributed by atoms with Crippen molar-refractivity contribution in [2.24, 2.45) is 34.5 Å². The molecule has 0 spiro atoms. The van der Waals surface area contributed by atoms with Crippen LogP contribution in [0.3, 0.4) is 0 Å². The van der Waals surface area contributed by atoms with E-state index in [0.29, 0.717) is 41.7 Å². The second-order valence-corrected chi connectivity index (χ2v) is 10.8. The highest BCUT2D eigenvalue weighted by Crippen LogP contribution is 2.67. The first-order valence-corrected chi connectivity index (χ1v) is 12.1. The summed E-state index contributed by atoms with van der Waals surface area (Å²) in [5.41, 5.74) is 1.55. The average Bonchev–Trinajstić information content (AvgIpc) is 2.97. The molecule has 27 heavy (non-hydrogen) atoms. The van der Waals surface area contributed by atoms with Crippen LogP contribution < -0.4 is 0 Å². The van der Waals surface area contributed by atoms with E-state index >= 15 is 0 Å². The molecule has 0 N–H and O–H groups in total. The summed E-state index contributed by atoms with van der Waals surface area (Å²) in [6.45, 7) is 6.57. The van der Waals surface area contributed by atoms with Crippen molar-refractivity contribution in [3.05, 3.63) is 11.6 Å². The van der Waals surface area contributed by atoms with Gasteiger partial charge in [0.25, 0.3) is 0 Å². The quantitative estimate of drug-likeness (QED) is 0.631. The van der Waals surface area contributed by atoms with Crippen LogP contribution in [0.1, 0.15) is 65.7 Å². The topological polar surface area (TPSA) is 43.4 Å². The second kappa shape index (κ2) is 7.02. The molecule has 150 valence electrons. The zero-order valence-corrected chi connectivity index (χ0v) is 18.1. The molecule has 0 aromatic heterocycles. The monoisotopic (exact) mass is 390 g/mol. The lowest BCUT2D eigenvalue weighted by atomic mass is 9.46. The van der Waals surface area contributed by atoms with Crippen LogP contribution in [0.4, 0.5) is 0 Å². The highest BCUT2D eigenvalue weighted by molar-refractivity contribution is 7.98. The molecule has 4 aliphatic rings. The zero-order chi connectivity index (χ0) is 19.4. The van der Waals surface area contributed by atoms with Crippen molar-refractivity contribution < 1.29 is 14.3 Å². The minimum absolute atomic E-state index is 0.0815. The van der Waals surface area contributed by atoms with Gasteiger partial charge in [-0.3, -0.25) is 9.59 Å². The number of rotatable bonds is 4. The fourth-order valence-corrected chi connectivity index (χ4v) is 7.94. The largest absolute Gasteiger partial charge is 0.367 e. The number of carbonyl (C=O) groups excluding carboxylic acids is 2. The van der Waals surface area contributed by atoms with Gasteiger partial charge in [0.1, 0.15) is 5.78 Å². The van der Waals surface area contributed by atoms with Crippen LogP contribution in [0.25, 0.3) is 0 Å². The van der Waals surface area contributed by atoms with Gasteiger partial charge in [-0.15, -0.1) is 11.8 Å². The van der Waals surface area contributed by atoms with E-state index < -0.39 is 0 Å². The molecule has 0 unspecified atom stereocenters. The Morgan fingerprint density at radius 3 is 2.74 bits per heavy atom. The van der Waals surface area contributed by atoms with Crippen LogP contribution in [-0.4, -0.2) is 29.9 Å². The molecule has 4 rings (SSSR count). The van der Waals surface area contributed by atoms with Crippen molar-refractivity contribution in [2.75, 3.05) is 12.2 Å². The number of Topliss-reactive ketones (excluding diaryl/α,β-unsaturated/α-hetero) is 1. The molecule has 0 bridgehead atoms. The van der Waals surface area contributed by atoms with Crippen molar-refractivity contribution in [1.29, 1.82) is 0 Å². The molecular formula is C23H34O3S. The fourth-order valence-electron chi connectivity index (χ4n) is 7.63. The van der Waals surface area contributed by atoms with Crippen molar-refractivity contribution >= 4 is 23.3 Å². The molecule has 0 radical (unpaired) electrons. The van der Waals surface area contributed by atoms with Gasteiger partial charge < -0.3 is 4.74 Å².